The van der Waals surface area contributed by atoms with Crippen LogP contribution < -0.4 is 0 Å². The summed E-state index contributed by atoms with van der Waals surface area (Å²) in [7, 11) is 1.80. The van der Waals surface area contributed by atoms with Gasteiger partial charge in [0.05, 0.1) is 5.56 Å². The minimum absolute atomic E-state index is 0.554. The molecule has 0 unspecified atom stereocenters. The Hall–Kier alpha value is -1.87. The number of aryl methyl sites for hydroxylation is 2. The average molecular weight is 231 g/mol. The van der Waals surface area contributed by atoms with Crippen molar-refractivity contribution in [3.05, 3.63) is 29.7 Å². The molecule has 6 heteroatoms. The van der Waals surface area contributed by atoms with E-state index >= 15 is 0 Å². The predicted molar refractivity (Wildman–Crippen MR) is 58.8 cm³/mol. The standard InChI is InChI=1S/C10H9N5S/c1-7-3-4-8(5-11)9(14-7)16-10-12-6-13-15(10)2/h3-4,6H,1-2H3. The van der Waals surface area contributed by atoms with Crippen LogP contribution in [0.1, 0.15) is 11.3 Å². The van der Waals surface area contributed by atoms with E-state index in [1.165, 1.54) is 18.1 Å². The van der Waals surface area contributed by atoms with Crippen LogP contribution in [0.5, 0.6) is 0 Å². The molecule has 0 N–H and O–H groups in total. The topological polar surface area (TPSA) is 67.4 Å². The Bertz CT molecular complexity index is 555. The van der Waals surface area contributed by atoms with Crippen molar-refractivity contribution in [3.63, 3.8) is 0 Å². The summed E-state index contributed by atoms with van der Waals surface area (Å²) in [5.74, 6) is 0. The van der Waals surface area contributed by atoms with Gasteiger partial charge in [-0.1, -0.05) is 0 Å². The van der Waals surface area contributed by atoms with Gasteiger partial charge in [0.25, 0.3) is 0 Å². The Morgan fingerprint density at radius 2 is 2.25 bits per heavy atom. The van der Waals surface area contributed by atoms with Crippen molar-refractivity contribution in [1.29, 1.82) is 5.26 Å². The number of hydrogen-bond acceptors (Lipinski definition) is 5. The molecule has 0 aliphatic rings. The third-order valence-corrected chi connectivity index (χ3v) is 3.03. The Morgan fingerprint density at radius 3 is 2.88 bits per heavy atom. The fraction of sp³-hybridized carbons (Fsp3) is 0.200. The molecule has 0 radical (unpaired) electrons. The molecule has 0 aromatic carbocycles. The fourth-order valence-corrected chi connectivity index (χ4v) is 2.03. The lowest BCUT2D eigenvalue weighted by molar-refractivity contribution is 0.684. The van der Waals surface area contributed by atoms with Gasteiger partial charge >= 0.3 is 0 Å². The van der Waals surface area contributed by atoms with Crippen molar-refractivity contribution >= 4 is 11.8 Å². The Labute approximate surface area is 97.1 Å². The van der Waals surface area contributed by atoms with Gasteiger partial charge in [0, 0.05) is 12.7 Å². The van der Waals surface area contributed by atoms with Crippen LogP contribution in [0.15, 0.2) is 28.6 Å². The summed E-state index contributed by atoms with van der Waals surface area (Å²) < 4.78 is 1.65. The van der Waals surface area contributed by atoms with Crippen molar-refractivity contribution < 1.29 is 0 Å². The molecule has 0 saturated carbocycles. The van der Waals surface area contributed by atoms with Crippen molar-refractivity contribution in [2.24, 2.45) is 7.05 Å². The van der Waals surface area contributed by atoms with Crippen molar-refractivity contribution in [2.75, 3.05) is 0 Å². The van der Waals surface area contributed by atoms with E-state index in [1.54, 1.807) is 17.8 Å². The molecule has 0 spiro atoms. The molecule has 80 valence electrons. The maximum absolute atomic E-state index is 8.96. The highest BCUT2D eigenvalue weighted by atomic mass is 32.2. The SMILES string of the molecule is Cc1ccc(C#N)c(Sc2ncnn2C)n1. The van der Waals surface area contributed by atoms with Gasteiger partial charge in [-0.2, -0.15) is 10.4 Å². The molecule has 2 rings (SSSR count). The van der Waals surface area contributed by atoms with Crippen LogP contribution in [0.25, 0.3) is 0 Å². The van der Waals surface area contributed by atoms with E-state index in [-0.39, 0.29) is 0 Å². The number of aromatic nitrogens is 4. The highest BCUT2D eigenvalue weighted by Crippen LogP contribution is 2.26. The Balaban J connectivity index is 2.38. The van der Waals surface area contributed by atoms with Gasteiger partial charge in [0.15, 0.2) is 5.16 Å². The van der Waals surface area contributed by atoms with E-state index in [9.17, 15) is 0 Å². The first-order valence-corrected chi connectivity index (χ1v) is 5.42. The highest BCUT2D eigenvalue weighted by Gasteiger charge is 2.09. The Kier molecular flexibility index (Phi) is 2.88. The van der Waals surface area contributed by atoms with Gasteiger partial charge in [-0.25, -0.2) is 14.6 Å². The second kappa shape index (κ2) is 4.33. The highest BCUT2D eigenvalue weighted by molar-refractivity contribution is 7.99. The largest absolute Gasteiger partial charge is 0.245 e. The van der Waals surface area contributed by atoms with Crippen molar-refractivity contribution in [2.45, 2.75) is 17.1 Å². The minimum atomic E-state index is 0.554. The van der Waals surface area contributed by atoms with Crippen LogP contribution in [0, 0.1) is 18.3 Å². The Morgan fingerprint density at radius 1 is 1.44 bits per heavy atom. The first-order valence-electron chi connectivity index (χ1n) is 4.60. The van der Waals surface area contributed by atoms with Crippen molar-refractivity contribution in [1.82, 2.24) is 19.7 Å². The monoisotopic (exact) mass is 231 g/mol. The fourth-order valence-electron chi connectivity index (χ4n) is 1.16. The van der Waals surface area contributed by atoms with Gasteiger partial charge in [0.2, 0.25) is 0 Å². The summed E-state index contributed by atoms with van der Waals surface area (Å²) in [6, 6.07) is 5.70. The number of hydrogen-bond donors (Lipinski definition) is 0. The maximum atomic E-state index is 8.96. The number of pyridine rings is 1. The van der Waals surface area contributed by atoms with Gasteiger partial charge in [0.1, 0.15) is 17.4 Å². The zero-order chi connectivity index (χ0) is 11.5. The summed E-state index contributed by atoms with van der Waals surface area (Å²) in [5.41, 5.74) is 1.43. The van der Waals surface area contributed by atoms with Crippen LogP contribution in [-0.4, -0.2) is 19.7 Å². The molecule has 0 amide bonds. The molecule has 0 aliphatic heterocycles. The summed E-state index contributed by atoms with van der Waals surface area (Å²) >= 11 is 1.34. The van der Waals surface area contributed by atoms with Crippen LogP contribution in [0.3, 0.4) is 0 Å². The first-order chi connectivity index (χ1) is 7.70. The number of rotatable bonds is 2. The van der Waals surface area contributed by atoms with E-state index in [2.05, 4.69) is 21.1 Å². The number of nitrogens with zero attached hydrogens (tertiary/aromatic N) is 5. The molecule has 0 aliphatic carbocycles. The third kappa shape index (κ3) is 2.04. The summed E-state index contributed by atoms with van der Waals surface area (Å²) in [6.07, 6.45) is 1.48. The van der Waals surface area contributed by atoms with Gasteiger partial charge in [-0.05, 0) is 30.8 Å². The second-order valence-electron chi connectivity index (χ2n) is 3.19. The van der Waals surface area contributed by atoms with Crippen LogP contribution in [0.2, 0.25) is 0 Å². The first kappa shape index (κ1) is 10.6. The molecular formula is C10H9N5S. The molecule has 2 heterocycles. The zero-order valence-corrected chi connectivity index (χ0v) is 9.69. The van der Waals surface area contributed by atoms with E-state index in [1.807, 2.05) is 13.0 Å². The average Bonchev–Trinajstić information content (AvgIpc) is 2.65. The normalized spacial score (nSPS) is 10.1. The van der Waals surface area contributed by atoms with Gasteiger partial charge < -0.3 is 0 Å². The lowest BCUT2D eigenvalue weighted by Crippen LogP contribution is -1.95. The second-order valence-corrected chi connectivity index (χ2v) is 4.14. The van der Waals surface area contributed by atoms with E-state index in [0.717, 1.165) is 10.9 Å². The molecule has 0 fully saturated rings. The predicted octanol–water partition coefficient (Wildman–Crippen LogP) is 1.54. The van der Waals surface area contributed by atoms with E-state index in [0.29, 0.717) is 10.6 Å². The van der Waals surface area contributed by atoms with Crippen LogP contribution in [0.4, 0.5) is 0 Å². The van der Waals surface area contributed by atoms with Gasteiger partial charge in [-0.3, -0.25) is 0 Å². The quantitative estimate of drug-likeness (QED) is 0.784. The van der Waals surface area contributed by atoms with Crippen LogP contribution >= 0.6 is 11.8 Å². The van der Waals surface area contributed by atoms with Gasteiger partial charge in [-0.15, -0.1) is 0 Å². The molecule has 0 atom stereocenters. The summed E-state index contributed by atoms with van der Waals surface area (Å²) in [4.78, 5) is 8.40. The number of nitriles is 1. The molecule has 2 aromatic heterocycles. The third-order valence-electron chi connectivity index (χ3n) is 1.98. The maximum Gasteiger partial charge on any atom is 0.192 e. The van der Waals surface area contributed by atoms with E-state index in [4.69, 9.17) is 5.26 Å². The summed E-state index contributed by atoms with van der Waals surface area (Å²) in [5, 5.41) is 14.3. The zero-order valence-electron chi connectivity index (χ0n) is 8.88. The molecule has 0 saturated heterocycles. The molecular weight excluding hydrogens is 222 g/mol. The van der Waals surface area contributed by atoms with E-state index < -0.39 is 0 Å². The molecule has 5 nitrogen and oxygen atoms in total. The molecule has 0 bridgehead atoms. The smallest absolute Gasteiger partial charge is 0.192 e. The minimum Gasteiger partial charge on any atom is -0.245 e. The molecule has 2 aromatic rings. The summed E-state index contributed by atoms with van der Waals surface area (Å²) in [6.45, 7) is 1.89. The van der Waals surface area contributed by atoms with Crippen molar-refractivity contribution in [3.8, 4) is 6.07 Å². The van der Waals surface area contributed by atoms with Crippen LogP contribution in [-0.2, 0) is 7.05 Å². The lowest BCUT2D eigenvalue weighted by Gasteiger charge is -2.02. The lowest BCUT2D eigenvalue weighted by atomic mass is 10.3. The molecule has 16 heavy (non-hydrogen) atoms.